The molecule has 1 heterocycles. The number of ether oxygens (including phenoxy) is 1. The van der Waals surface area contributed by atoms with E-state index in [0.717, 1.165) is 24.3 Å². The zero-order valence-electron chi connectivity index (χ0n) is 15.6. The second-order valence-electron chi connectivity index (χ2n) is 6.24. The topological polar surface area (TPSA) is 40.6 Å². The third-order valence-corrected chi connectivity index (χ3v) is 4.72. The van der Waals surface area contributed by atoms with Gasteiger partial charge in [-0.15, -0.1) is 0 Å². The fraction of sp³-hybridized carbons (Fsp3) is 0.368. The van der Waals surface area contributed by atoms with Crippen LogP contribution in [0.1, 0.15) is 18.5 Å². The highest BCUT2D eigenvalue weighted by Gasteiger charge is 2.19. The maximum absolute atomic E-state index is 6.22. The molecule has 1 atom stereocenters. The third-order valence-electron chi connectivity index (χ3n) is 4.09. The van der Waals surface area contributed by atoms with E-state index in [1.165, 1.54) is 0 Å². The first-order valence-electron chi connectivity index (χ1n) is 8.38. The van der Waals surface area contributed by atoms with E-state index in [2.05, 4.69) is 33.1 Å². The number of nitrogens with one attached hydrogen (secondary N) is 1. The summed E-state index contributed by atoms with van der Waals surface area (Å²) in [5.41, 5.74) is 1.94. The van der Waals surface area contributed by atoms with Crippen molar-refractivity contribution in [2.75, 3.05) is 39.6 Å². The Bertz CT molecular complexity index is 727. The highest BCUT2D eigenvalue weighted by molar-refractivity contribution is 7.80. The van der Waals surface area contributed by atoms with Gasteiger partial charge in [0.25, 0.3) is 0 Å². The molecule has 5 nitrogen and oxygen atoms in total. The number of benzene rings is 1. The minimum Gasteiger partial charge on any atom is -0.495 e. The number of aromatic nitrogens is 1. The molecule has 0 fully saturated rings. The van der Waals surface area contributed by atoms with Crippen molar-refractivity contribution < 1.29 is 4.74 Å². The molecule has 1 aromatic heterocycles. The van der Waals surface area contributed by atoms with Crippen LogP contribution in [-0.2, 0) is 0 Å². The number of nitrogens with zero attached hydrogens (tertiary/aromatic N) is 3. The molecule has 0 aliphatic heterocycles. The van der Waals surface area contributed by atoms with Gasteiger partial charge in [-0.1, -0.05) is 17.7 Å². The summed E-state index contributed by atoms with van der Waals surface area (Å²) in [7, 11) is 5.69. The SMILES string of the molecule is COc1ccc(NC(=S)N(CCN(C)C)[C@H](C)c2cccnc2)cc1Cl. The lowest BCUT2D eigenvalue weighted by Gasteiger charge is -2.33. The van der Waals surface area contributed by atoms with Crippen LogP contribution in [0.25, 0.3) is 0 Å². The second-order valence-corrected chi connectivity index (χ2v) is 7.03. The maximum Gasteiger partial charge on any atom is 0.173 e. The van der Waals surface area contributed by atoms with Gasteiger partial charge in [0, 0.05) is 31.2 Å². The monoisotopic (exact) mass is 392 g/mol. The summed E-state index contributed by atoms with van der Waals surface area (Å²) in [6.07, 6.45) is 3.65. The average Bonchev–Trinajstić information content (AvgIpc) is 2.62. The second kappa shape index (κ2) is 9.71. The molecule has 1 aromatic carbocycles. The van der Waals surface area contributed by atoms with Crippen molar-refractivity contribution in [1.29, 1.82) is 0 Å². The van der Waals surface area contributed by atoms with Crippen LogP contribution in [0.15, 0.2) is 42.7 Å². The van der Waals surface area contributed by atoms with Gasteiger partial charge in [-0.25, -0.2) is 0 Å². The van der Waals surface area contributed by atoms with Crippen LogP contribution in [0.2, 0.25) is 5.02 Å². The Labute approximate surface area is 165 Å². The summed E-state index contributed by atoms with van der Waals surface area (Å²) < 4.78 is 5.20. The molecule has 0 unspecified atom stereocenters. The molecule has 140 valence electrons. The summed E-state index contributed by atoms with van der Waals surface area (Å²) in [5, 5.41) is 4.47. The quantitative estimate of drug-likeness (QED) is 0.716. The minimum atomic E-state index is 0.0948. The number of rotatable bonds is 7. The molecule has 0 bridgehead atoms. The van der Waals surface area contributed by atoms with Crippen molar-refractivity contribution in [3.05, 3.63) is 53.3 Å². The number of likely N-dealkylation sites (N-methyl/N-ethyl adjacent to an activating group) is 1. The molecule has 1 N–H and O–H groups in total. The van der Waals surface area contributed by atoms with Crippen molar-refractivity contribution in [2.45, 2.75) is 13.0 Å². The first-order chi connectivity index (χ1) is 12.4. The van der Waals surface area contributed by atoms with Crippen molar-refractivity contribution in [1.82, 2.24) is 14.8 Å². The lowest BCUT2D eigenvalue weighted by molar-refractivity contribution is 0.289. The van der Waals surface area contributed by atoms with E-state index in [-0.39, 0.29) is 6.04 Å². The largest absolute Gasteiger partial charge is 0.495 e. The Hall–Kier alpha value is -1.89. The van der Waals surface area contributed by atoms with Crippen LogP contribution < -0.4 is 10.1 Å². The summed E-state index contributed by atoms with van der Waals surface area (Å²) in [6, 6.07) is 9.63. The fourth-order valence-corrected chi connectivity index (χ4v) is 3.15. The van der Waals surface area contributed by atoms with Gasteiger partial charge in [0.2, 0.25) is 0 Å². The Morgan fingerprint density at radius 2 is 2.08 bits per heavy atom. The lowest BCUT2D eigenvalue weighted by Crippen LogP contribution is -2.40. The van der Waals surface area contributed by atoms with Gasteiger partial charge in [0.05, 0.1) is 18.2 Å². The minimum absolute atomic E-state index is 0.0948. The molecule has 0 spiro atoms. The Morgan fingerprint density at radius 1 is 1.31 bits per heavy atom. The Kier molecular flexibility index (Phi) is 7.63. The van der Waals surface area contributed by atoms with E-state index >= 15 is 0 Å². The molecule has 0 aliphatic carbocycles. The fourth-order valence-electron chi connectivity index (χ4n) is 2.52. The standard InChI is InChI=1S/C19H25ClN4OS/c1-14(15-6-5-9-21-13-15)24(11-10-23(2)3)19(26)22-16-7-8-18(25-4)17(20)12-16/h5-9,12-14H,10-11H2,1-4H3,(H,22,26)/t14-/m1/s1. The predicted molar refractivity (Wildman–Crippen MR) is 112 cm³/mol. The van der Waals surface area contributed by atoms with Crippen LogP contribution in [0.5, 0.6) is 5.75 Å². The number of pyridine rings is 1. The zero-order valence-corrected chi connectivity index (χ0v) is 17.1. The first-order valence-corrected chi connectivity index (χ1v) is 9.16. The number of anilines is 1. The smallest absolute Gasteiger partial charge is 0.173 e. The molecule has 0 saturated heterocycles. The van der Waals surface area contributed by atoms with E-state index in [9.17, 15) is 0 Å². The molecule has 26 heavy (non-hydrogen) atoms. The Morgan fingerprint density at radius 3 is 2.65 bits per heavy atom. The van der Waals surface area contributed by atoms with E-state index < -0.39 is 0 Å². The number of hydrogen-bond donors (Lipinski definition) is 1. The van der Waals surface area contributed by atoms with Crippen LogP contribution in [0.3, 0.4) is 0 Å². The highest BCUT2D eigenvalue weighted by atomic mass is 35.5. The van der Waals surface area contributed by atoms with Crippen molar-refractivity contribution >= 4 is 34.6 Å². The summed E-state index contributed by atoms with van der Waals surface area (Å²) in [6.45, 7) is 3.80. The van der Waals surface area contributed by atoms with Crippen LogP contribution in [-0.4, -0.2) is 54.2 Å². The molecule has 2 aromatic rings. The molecule has 0 saturated carbocycles. The van der Waals surface area contributed by atoms with Crippen molar-refractivity contribution in [2.24, 2.45) is 0 Å². The zero-order chi connectivity index (χ0) is 19.1. The van der Waals surface area contributed by atoms with Crippen molar-refractivity contribution in [3.8, 4) is 5.75 Å². The highest BCUT2D eigenvalue weighted by Crippen LogP contribution is 2.28. The molecular formula is C19H25ClN4OS. The number of halogens is 1. The van der Waals surface area contributed by atoms with Crippen LogP contribution in [0, 0.1) is 0 Å². The summed E-state index contributed by atoms with van der Waals surface area (Å²) in [4.78, 5) is 8.52. The molecule has 0 amide bonds. The van der Waals surface area contributed by atoms with Crippen LogP contribution in [0.4, 0.5) is 5.69 Å². The number of thiocarbonyl (C=S) groups is 1. The first kappa shape index (κ1) is 20.4. The third kappa shape index (κ3) is 5.56. The lowest BCUT2D eigenvalue weighted by atomic mass is 10.1. The van der Waals surface area contributed by atoms with Gasteiger partial charge in [-0.05, 0) is 63.1 Å². The van der Waals surface area contributed by atoms with Gasteiger partial charge >= 0.3 is 0 Å². The van der Waals surface area contributed by atoms with Gasteiger partial charge in [0.1, 0.15) is 5.75 Å². The van der Waals surface area contributed by atoms with Crippen LogP contribution >= 0.6 is 23.8 Å². The normalized spacial score (nSPS) is 11.9. The van der Waals surface area contributed by atoms with Gasteiger partial charge < -0.3 is 19.9 Å². The summed E-state index contributed by atoms with van der Waals surface area (Å²) in [5.74, 6) is 0.635. The van der Waals surface area contributed by atoms with E-state index in [0.29, 0.717) is 15.9 Å². The molecule has 0 aliphatic rings. The number of methoxy groups -OCH3 is 1. The van der Waals surface area contributed by atoms with E-state index in [1.54, 1.807) is 13.3 Å². The molecule has 0 radical (unpaired) electrons. The average molecular weight is 393 g/mol. The van der Waals surface area contributed by atoms with Crippen molar-refractivity contribution in [3.63, 3.8) is 0 Å². The number of hydrogen-bond acceptors (Lipinski definition) is 4. The Balaban J connectivity index is 2.18. The van der Waals surface area contributed by atoms with E-state index in [1.807, 2.05) is 44.6 Å². The maximum atomic E-state index is 6.22. The van der Waals surface area contributed by atoms with Gasteiger partial charge in [0.15, 0.2) is 5.11 Å². The summed E-state index contributed by atoms with van der Waals surface area (Å²) >= 11 is 11.9. The van der Waals surface area contributed by atoms with E-state index in [4.69, 9.17) is 28.6 Å². The predicted octanol–water partition coefficient (Wildman–Crippen LogP) is 4.07. The molecule has 7 heteroatoms. The van der Waals surface area contributed by atoms with Gasteiger partial charge in [-0.3, -0.25) is 4.98 Å². The molecule has 2 rings (SSSR count). The van der Waals surface area contributed by atoms with Gasteiger partial charge in [-0.2, -0.15) is 0 Å². The molecular weight excluding hydrogens is 368 g/mol.